The summed E-state index contributed by atoms with van der Waals surface area (Å²) in [6.07, 6.45) is -7.57. The van der Waals surface area contributed by atoms with Crippen LogP contribution in [0, 0.1) is 11.6 Å². The van der Waals surface area contributed by atoms with Crippen molar-refractivity contribution in [3.8, 4) is 5.75 Å². The number of allylic oxidation sites excluding steroid dienone is 1. The molecule has 0 heterocycles. The van der Waals surface area contributed by atoms with Gasteiger partial charge in [0.2, 0.25) is 0 Å². The van der Waals surface area contributed by atoms with Gasteiger partial charge in [0.15, 0.2) is 5.76 Å². The lowest BCUT2D eigenvalue weighted by Gasteiger charge is -2.32. The SMILES string of the molecule is COc1ccc2c(c1)CCCC(c1cc(F)cc(F)c1)=C2OS(=O)(=O)C(F)(F)C(F)(F)C(F)(F)C(F)(F)F. The molecule has 0 N–H and O–H groups in total. The van der Waals surface area contributed by atoms with Crippen molar-refractivity contribution in [3.05, 3.63) is 64.7 Å². The maximum absolute atomic E-state index is 14.4. The second-order valence-corrected chi connectivity index (χ2v) is 9.63. The number of fused-ring (bicyclic) bond motifs is 1. The topological polar surface area (TPSA) is 52.6 Å². The molecule has 38 heavy (non-hydrogen) atoms. The third-order valence-corrected chi connectivity index (χ3v) is 6.81. The Kier molecular flexibility index (Phi) is 7.46. The average molecular weight is 584 g/mol. The van der Waals surface area contributed by atoms with E-state index in [1.54, 1.807) is 0 Å². The summed E-state index contributed by atoms with van der Waals surface area (Å²) >= 11 is 0. The molecule has 0 aliphatic heterocycles. The Balaban J connectivity index is 2.27. The molecule has 0 amide bonds. The smallest absolute Gasteiger partial charge is 0.460 e. The summed E-state index contributed by atoms with van der Waals surface area (Å²) in [6.45, 7) is 0. The van der Waals surface area contributed by atoms with Crippen LogP contribution in [0.4, 0.5) is 48.3 Å². The molecule has 0 fully saturated rings. The van der Waals surface area contributed by atoms with E-state index in [-0.39, 0.29) is 30.6 Å². The minimum absolute atomic E-state index is 0.0272. The van der Waals surface area contributed by atoms with E-state index >= 15 is 0 Å². The van der Waals surface area contributed by atoms with Crippen LogP contribution in [0.25, 0.3) is 11.3 Å². The van der Waals surface area contributed by atoms with Crippen LogP contribution in [-0.2, 0) is 20.7 Å². The van der Waals surface area contributed by atoms with Gasteiger partial charge in [0.05, 0.1) is 7.11 Å². The minimum Gasteiger partial charge on any atom is -0.497 e. The van der Waals surface area contributed by atoms with E-state index in [0.29, 0.717) is 18.2 Å². The molecule has 0 aromatic heterocycles. The number of halogens is 11. The van der Waals surface area contributed by atoms with E-state index < -0.39 is 67.5 Å². The van der Waals surface area contributed by atoms with Crippen molar-refractivity contribution in [2.24, 2.45) is 0 Å². The van der Waals surface area contributed by atoms with E-state index in [4.69, 9.17) is 4.74 Å². The first-order valence-electron chi connectivity index (χ1n) is 10.3. The van der Waals surface area contributed by atoms with E-state index in [9.17, 15) is 56.7 Å². The molecular formula is C22H15F11O4S. The third-order valence-electron chi connectivity index (χ3n) is 5.54. The van der Waals surface area contributed by atoms with Crippen molar-refractivity contribution in [2.45, 2.75) is 42.5 Å². The molecule has 16 heteroatoms. The molecule has 0 saturated heterocycles. The Hall–Kier alpha value is -3.04. The van der Waals surface area contributed by atoms with Crippen LogP contribution in [0.5, 0.6) is 5.75 Å². The van der Waals surface area contributed by atoms with Crippen LogP contribution in [0.2, 0.25) is 0 Å². The van der Waals surface area contributed by atoms with E-state index in [1.807, 2.05) is 0 Å². The zero-order chi connectivity index (χ0) is 28.9. The number of ether oxygens (including phenoxy) is 1. The summed E-state index contributed by atoms with van der Waals surface area (Å²) in [5.41, 5.74) is -1.34. The number of hydrogen-bond acceptors (Lipinski definition) is 4. The van der Waals surface area contributed by atoms with Gasteiger partial charge in [0.1, 0.15) is 17.4 Å². The minimum atomic E-state index is -7.53. The van der Waals surface area contributed by atoms with Crippen molar-refractivity contribution in [1.82, 2.24) is 0 Å². The first-order valence-corrected chi connectivity index (χ1v) is 11.7. The molecule has 0 bridgehead atoms. The molecule has 0 spiro atoms. The predicted molar refractivity (Wildman–Crippen MR) is 110 cm³/mol. The second-order valence-electron chi connectivity index (χ2n) is 8.04. The zero-order valence-corrected chi connectivity index (χ0v) is 19.6. The standard InChI is InChI=1S/C22H15F11O4S/c1-36-15-5-6-17-11(9-15)3-2-4-16(12-7-13(23)10-14(24)8-12)18(17)37-38(34,35)22(32,33)20(27,28)19(25,26)21(29,30)31/h5-10H,2-4H2,1H3. The molecule has 3 rings (SSSR count). The fourth-order valence-electron chi connectivity index (χ4n) is 3.64. The highest BCUT2D eigenvalue weighted by atomic mass is 32.2. The number of hydrogen-bond donors (Lipinski definition) is 0. The van der Waals surface area contributed by atoms with Gasteiger partial charge in [-0.1, -0.05) is 0 Å². The first-order chi connectivity index (χ1) is 17.3. The monoisotopic (exact) mass is 584 g/mol. The lowest BCUT2D eigenvalue weighted by atomic mass is 9.98. The quantitative estimate of drug-likeness (QED) is 0.261. The van der Waals surface area contributed by atoms with Gasteiger partial charge in [0, 0.05) is 17.2 Å². The molecule has 0 saturated carbocycles. The zero-order valence-electron chi connectivity index (χ0n) is 18.8. The van der Waals surface area contributed by atoms with Gasteiger partial charge in [-0.2, -0.15) is 47.9 Å². The lowest BCUT2D eigenvalue weighted by Crippen LogP contribution is -2.63. The number of rotatable bonds is 7. The van der Waals surface area contributed by atoms with Gasteiger partial charge in [-0.3, -0.25) is 0 Å². The van der Waals surface area contributed by atoms with Crippen LogP contribution in [0.1, 0.15) is 29.5 Å². The fourth-order valence-corrected chi connectivity index (χ4v) is 4.59. The Morgan fingerprint density at radius 2 is 1.37 bits per heavy atom. The van der Waals surface area contributed by atoms with Gasteiger partial charge in [-0.05, 0) is 60.7 Å². The van der Waals surface area contributed by atoms with Crippen molar-refractivity contribution in [3.63, 3.8) is 0 Å². The van der Waals surface area contributed by atoms with Gasteiger partial charge in [0.25, 0.3) is 0 Å². The summed E-state index contributed by atoms with van der Waals surface area (Å²) in [4.78, 5) is 0. The van der Waals surface area contributed by atoms with Crippen LogP contribution in [0.15, 0.2) is 36.4 Å². The van der Waals surface area contributed by atoms with Crippen LogP contribution in [-0.4, -0.2) is 38.8 Å². The van der Waals surface area contributed by atoms with Crippen LogP contribution in [0.3, 0.4) is 0 Å². The Labute approximate surface area is 207 Å². The highest BCUT2D eigenvalue weighted by molar-refractivity contribution is 7.88. The lowest BCUT2D eigenvalue weighted by molar-refractivity contribution is -0.382. The molecule has 0 radical (unpaired) electrons. The highest BCUT2D eigenvalue weighted by Gasteiger charge is 2.86. The van der Waals surface area contributed by atoms with E-state index in [2.05, 4.69) is 4.18 Å². The van der Waals surface area contributed by atoms with Crippen molar-refractivity contribution < 1.29 is 65.6 Å². The largest absolute Gasteiger partial charge is 0.497 e. The Morgan fingerprint density at radius 3 is 1.89 bits per heavy atom. The summed E-state index contributed by atoms with van der Waals surface area (Å²) in [6, 6.07) is 5.02. The maximum Gasteiger partial charge on any atom is 0.460 e. The van der Waals surface area contributed by atoms with Gasteiger partial charge in [-0.25, -0.2) is 8.78 Å². The highest BCUT2D eigenvalue weighted by Crippen LogP contribution is 2.55. The number of alkyl halides is 9. The van der Waals surface area contributed by atoms with Crippen LogP contribution >= 0.6 is 0 Å². The summed E-state index contributed by atoms with van der Waals surface area (Å²) in [7, 11) is -6.11. The van der Waals surface area contributed by atoms with Gasteiger partial charge < -0.3 is 8.92 Å². The molecule has 2 aromatic carbocycles. The molecule has 4 nitrogen and oxygen atoms in total. The first kappa shape index (κ1) is 29.5. The van der Waals surface area contributed by atoms with Crippen LogP contribution < -0.4 is 4.74 Å². The van der Waals surface area contributed by atoms with E-state index in [1.165, 1.54) is 13.2 Å². The molecule has 0 atom stereocenters. The van der Waals surface area contributed by atoms with Crippen molar-refractivity contribution in [2.75, 3.05) is 7.11 Å². The summed E-state index contributed by atoms with van der Waals surface area (Å²) < 4.78 is 182. The Bertz CT molecular complexity index is 1350. The maximum atomic E-state index is 14.4. The normalized spacial score (nSPS) is 15.7. The molecule has 210 valence electrons. The van der Waals surface area contributed by atoms with Crippen molar-refractivity contribution >= 4 is 21.5 Å². The molecule has 2 aromatic rings. The Morgan fingerprint density at radius 1 is 0.789 bits per heavy atom. The summed E-state index contributed by atoms with van der Waals surface area (Å²) in [5.74, 6) is -18.6. The number of aryl methyl sites for hydroxylation is 1. The second kappa shape index (κ2) is 9.61. The van der Waals surface area contributed by atoms with Gasteiger partial charge in [-0.15, -0.1) is 0 Å². The van der Waals surface area contributed by atoms with E-state index in [0.717, 1.165) is 12.1 Å². The average Bonchev–Trinajstić information content (AvgIpc) is 2.95. The molecule has 0 unspecified atom stereocenters. The third kappa shape index (κ3) is 4.89. The molecule has 1 aliphatic carbocycles. The van der Waals surface area contributed by atoms with Gasteiger partial charge >= 0.3 is 33.4 Å². The predicted octanol–water partition coefficient (Wildman–Crippen LogP) is 6.95. The summed E-state index contributed by atoms with van der Waals surface area (Å²) in [5, 5.41) is -7.14. The fraction of sp³-hybridized carbons (Fsp3) is 0.364. The van der Waals surface area contributed by atoms with Crippen molar-refractivity contribution in [1.29, 1.82) is 0 Å². The number of methoxy groups -OCH3 is 1. The molecule has 1 aliphatic rings. The number of benzene rings is 2. The molecular weight excluding hydrogens is 569 g/mol.